The van der Waals surface area contributed by atoms with Gasteiger partial charge in [-0.2, -0.15) is 0 Å². The number of ether oxygens (including phenoxy) is 1. The van der Waals surface area contributed by atoms with Crippen LogP contribution in [0.15, 0.2) is 83.9 Å². The first-order chi connectivity index (χ1) is 15.5. The lowest BCUT2D eigenvalue weighted by Gasteiger charge is -2.14. The first-order valence-electron chi connectivity index (χ1n) is 10.6. The number of carbonyl (C=O) groups excluding carboxylic acids is 1. The standard InChI is InChI=1S/C26H30N4O2/c1-27-26(28-17-20-12-14-23(15-13-20)25(31)30(2)3)29-18-21-8-7-9-22(16-21)19-32-24-10-5-4-6-11-24/h4-16H,17-19H2,1-3H3,(H2,27,28,29). The van der Waals surface area contributed by atoms with Gasteiger partial charge in [-0.1, -0.05) is 54.6 Å². The summed E-state index contributed by atoms with van der Waals surface area (Å²) < 4.78 is 5.84. The number of amides is 1. The lowest BCUT2D eigenvalue weighted by atomic mass is 10.1. The summed E-state index contributed by atoms with van der Waals surface area (Å²) in [6.07, 6.45) is 0. The molecule has 6 nitrogen and oxygen atoms in total. The maximum absolute atomic E-state index is 12.0. The van der Waals surface area contributed by atoms with Crippen LogP contribution in [0.3, 0.4) is 0 Å². The first kappa shape index (κ1) is 22.9. The fraction of sp³-hybridized carbons (Fsp3) is 0.231. The summed E-state index contributed by atoms with van der Waals surface area (Å²) in [5, 5.41) is 6.65. The number of rotatable bonds is 8. The molecule has 0 fully saturated rings. The van der Waals surface area contributed by atoms with E-state index in [9.17, 15) is 4.79 Å². The van der Waals surface area contributed by atoms with Gasteiger partial charge in [0.2, 0.25) is 0 Å². The number of guanidine groups is 1. The molecule has 0 saturated carbocycles. The summed E-state index contributed by atoms with van der Waals surface area (Å²) in [6, 6.07) is 25.7. The summed E-state index contributed by atoms with van der Waals surface area (Å²) in [7, 11) is 5.25. The third-order valence-electron chi connectivity index (χ3n) is 4.89. The van der Waals surface area contributed by atoms with Crippen molar-refractivity contribution in [3.8, 4) is 5.75 Å². The van der Waals surface area contributed by atoms with E-state index in [2.05, 4.69) is 33.8 Å². The Kier molecular flexibility index (Phi) is 8.26. The Labute approximate surface area is 189 Å². The molecule has 32 heavy (non-hydrogen) atoms. The lowest BCUT2D eigenvalue weighted by molar-refractivity contribution is 0.0827. The molecule has 0 spiro atoms. The Morgan fingerprint density at radius 3 is 2.16 bits per heavy atom. The van der Waals surface area contributed by atoms with Crippen LogP contribution in [-0.2, 0) is 19.7 Å². The summed E-state index contributed by atoms with van der Waals surface area (Å²) in [5.41, 5.74) is 4.01. The monoisotopic (exact) mass is 430 g/mol. The number of hydrogen-bond acceptors (Lipinski definition) is 3. The van der Waals surface area contributed by atoms with Crippen molar-refractivity contribution in [2.45, 2.75) is 19.7 Å². The molecular weight excluding hydrogens is 400 g/mol. The molecule has 3 rings (SSSR count). The molecule has 0 aliphatic heterocycles. The average molecular weight is 431 g/mol. The maximum atomic E-state index is 12.0. The Bertz CT molecular complexity index is 1030. The molecule has 0 unspecified atom stereocenters. The molecule has 166 valence electrons. The molecule has 0 atom stereocenters. The van der Waals surface area contributed by atoms with Gasteiger partial charge in [0.05, 0.1) is 0 Å². The average Bonchev–Trinajstić information content (AvgIpc) is 2.83. The Morgan fingerprint density at radius 2 is 1.50 bits per heavy atom. The van der Waals surface area contributed by atoms with Gasteiger partial charge in [0, 0.05) is 39.8 Å². The Hall–Kier alpha value is -3.80. The number of aliphatic imine (C=N–C) groups is 1. The van der Waals surface area contributed by atoms with E-state index in [1.165, 1.54) is 0 Å². The van der Waals surface area contributed by atoms with E-state index in [1.54, 1.807) is 26.0 Å². The normalized spacial score (nSPS) is 11.0. The van der Waals surface area contributed by atoms with Gasteiger partial charge in [-0.05, 0) is 41.0 Å². The van der Waals surface area contributed by atoms with E-state index in [4.69, 9.17) is 4.74 Å². The van der Waals surface area contributed by atoms with E-state index in [0.29, 0.717) is 31.2 Å². The highest BCUT2D eigenvalue weighted by Gasteiger charge is 2.07. The summed E-state index contributed by atoms with van der Waals surface area (Å²) in [6.45, 7) is 1.79. The molecular formula is C26H30N4O2. The molecule has 0 bridgehead atoms. The molecule has 0 saturated heterocycles. The van der Waals surface area contributed by atoms with Crippen molar-refractivity contribution in [2.75, 3.05) is 21.1 Å². The molecule has 0 aliphatic carbocycles. The van der Waals surface area contributed by atoms with Crippen molar-refractivity contribution in [3.63, 3.8) is 0 Å². The van der Waals surface area contributed by atoms with Gasteiger partial charge in [0.15, 0.2) is 5.96 Å². The van der Waals surface area contributed by atoms with Crippen LogP contribution in [0, 0.1) is 0 Å². The van der Waals surface area contributed by atoms with Crippen molar-refractivity contribution in [2.24, 2.45) is 4.99 Å². The minimum absolute atomic E-state index is 0.00150. The second kappa shape index (κ2) is 11.6. The van der Waals surface area contributed by atoms with Crippen LogP contribution in [-0.4, -0.2) is 37.9 Å². The summed E-state index contributed by atoms with van der Waals surface area (Å²) >= 11 is 0. The van der Waals surface area contributed by atoms with Gasteiger partial charge in [0.1, 0.15) is 12.4 Å². The van der Waals surface area contributed by atoms with E-state index >= 15 is 0 Å². The lowest BCUT2D eigenvalue weighted by Crippen LogP contribution is -2.36. The molecule has 2 N–H and O–H groups in total. The second-order valence-corrected chi connectivity index (χ2v) is 7.60. The van der Waals surface area contributed by atoms with Crippen LogP contribution < -0.4 is 15.4 Å². The highest BCUT2D eigenvalue weighted by molar-refractivity contribution is 5.93. The molecule has 1 amide bonds. The van der Waals surface area contributed by atoms with Gasteiger partial charge in [0.25, 0.3) is 5.91 Å². The number of nitrogens with zero attached hydrogens (tertiary/aromatic N) is 2. The van der Waals surface area contributed by atoms with E-state index < -0.39 is 0 Å². The van der Waals surface area contributed by atoms with Gasteiger partial charge >= 0.3 is 0 Å². The zero-order valence-electron chi connectivity index (χ0n) is 18.8. The van der Waals surface area contributed by atoms with Crippen molar-refractivity contribution in [3.05, 3.63) is 101 Å². The van der Waals surface area contributed by atoms with Crippen LogP contribution in [0.4, 0.5) is 0 Å². The van der Waals surface area contributed by atoms with Gasteiger partial charge in [-0.15, -0.1) is 0 Å². The minimum atomic E-state index is -0.00150. The first-order valence-corrected chi connectivity index (χ1v) is 10.6. The number of hydrogen-bond donors (Lipinski definition) is 2. The third-order valence-corrected chi connectivity index (χ3v) is 4.89. The zero-order chi connectivity index (χ0) is 22.8. The van der Waals surface area contributed by atoms with Crippen molar-refractivity contribution in [1.82, 2.24) is 15.5 Å². The summed E-state index contributed by atoms with van der Waals surface area (Å²) in [4.78, 5) is 17.9. The van der Waals surface area contributed by atoms with Crippen molar-refractivity contribution < 1.29 is 9.53 Å². The van der Waals surface area contributed by atoms with E-state index in [1.807, 2.05) is 60.7 Å². The zero-order valence-corrected chi connectivity index (χ0v) is 18.8. The SMILES string of the molecule is CN=C(NCc1ccc(C(=O)N(C)C)cc1)NCc1cccc(COc2ccccc2)c1. The molecule has 0 aliphatic rings. The van der Waals surface area contributed by atoms with E-state index in [0.717, 1.165) is 22.4 Å². The van der Waals surface area contributed by atoms with Crippen molar-refractivity contribution in [1.29, 1.82) is 0 Å². The second-order valence-electron chi connectivity index (χ2n) is 7.60. The molecule has 3 aromatic rings. The molecule has 6 heteroatoms. The van der Waals surface area contributed by atoms with Crippen LogP contribution in [0.5, 0.6) is 5.75 Å². The minimum Gasteiger partial charge on any atom is -0.489 e. The largest absolute Gasteiger partial charge is 0.489 e. The molecule has 0 radical (unpaired) electrons. The Morgan fingerprint density at radius 1 is 0.844 bits per heavy atom. The summed E-state index contributed by atoms with van der Waals surface area (Å²) in [5.74, 6) is 1.57. The van der Waals surface area contributed by atoms with Gasteiger partial charge in [-0.3, -0.25) is 9.79 Å². The molecule has 0 heterocycles. The van der Waals surface area contributed by atoms with Crippen LogP contribution in [0.2, 0.25) is 0 Å². The highest BCUT2D eigenvalue weighted by Crippen LogP contribution is 2.13. The fourth-order valence-corrected chi connectivity index (χ4v) is 3.13. The van der Waals surface area contributed by atoms with E-state index in [-0.39, 0.29) is 5.91 Å². The number of nitrogens with one attached hydrogen (secondary N) is 2. The van der Waals surface area contributed by atoms with Gasteiger partial charge in [-0.25, -0.2) is 0 Å². The van der Waals surface area contributed by atoms with Crippen molar-refractivity contribution >= 4 is 11.9 Å². The smallest absolute Gasteiger partial charge is 0.253 e. The third kappa shape index (κ3) is 6.87. The highest BCUT2D eigenvalue weighted by atomic mass is 16.5. The topological polar surface area (TPSA) is 66.0 Å². The fourth-order valence-electron chi connectivity index (χ4n) is 3.13. The maximum Gasteiger partial charge on any atom is 0.253 e. The molecule has 3 aromatic carbocycles. The van der Waals surface area contributed by atoms with Crippen LogP contribution in [0.25, 0.3) is 0 Å². The number of carbonyl (C=O) groups is 1. The number of benzene rings is 3. The Balaban J connectivity index is 1.48. The number of para-hydroxylation sites is 1. The predicted octanol–water partition coefficient (Wildman–Crippen LogP) is 3.83. The van der Waals surface area contributed by atoms with Gasteiger partial charge < -0.3 is 20.3 Å². The van der Waals surface area contributed by atoms with Crippen LogP contribution in [0.1, 0.15) is 27.0 Å². The quantitative estimate of drug-likeness (QED) is 0.421. The molecule has 0 aromatic heterocycles. The van der Waals surface area contributed by atoms with Crippen LogP contribution >= 0.6 is 0 Å². The predicted molar refractivity (Wildman–Crippen MR) is 129 cm³/mol.